The van der Waals surface area contributed by atoms with E-state index in [1.54, 1.807) is 0 Å². The van der Waals surface area contributed by atoms with Gasteiger partial charge in [0.2, 0.25) is 0 Å². The fourth-order valence-electron chi connectivity index (χ4n) is 3.77. The number of ether oxygens (including phenoxy) is 1. The zero-order chi connectivity index (χ0) is 14.4. The summed E-state index contributed by atoms with van der Waals surface area (Å²) in [6, 6.07) is 17.8. The molecule has 0 N–H and O–H groups in total. The van der Waals surface area contributed by atoms with Crippen molar-refractivity contribution in [2.24, 2.45) is 0 Å². The fourth-order valence-corrected chi connectivity index (χ4v) is 3.77. The first-order chi connectivity index (χ1) is 10.3. The Kier molecular flexibility index (Phi) is 3.09. The van der Waals surface area contributed by atoms with Crippen LogP contribution in [0.1, 0.15) is 34.5 Å². The van der Waals surface area contributed by atoms with Crippen LogP contribution in [0.15, 0.2) is 48.5 Å². The molecule has 0 amide bonds. The van der Waals surface area contributed by atoms with Crippen LogP contribution in [0.5, 0.6) is 0 Å². The largest absolute Gasteiger partial charge is 0.357 e. The van der Waals surface area contributed by atoms with Crippen molar-refractivity contribution in [2.45, 2.75) is 31.7 Å². The Hall–Kier alpha value is -1.64. The molecule has 1 saturated heterocycles. The Morgan fingerprint density at radius 1 is 1.10 bits per heavy atom. The van der Waals surface area contributed by atoms with Crippen LogP contribution in [0.3, 0.4) is 0 Å². The Balaban J connectivity index is 1.77. The first-order valence-electron chi connectivity index (χ1n) is 7.61. The Labute approximate surface area is 126 Å². The molecule has 2 nitrogen and oxygen atoms in total. The van der Waals surface area contributed by atoms with Gasteiger partial charge >= 0.3 is 0 Å². The average Bonchev–Trinajstić information content (AvgIpc) is 2.93. The van der Waals surface area contributed by atoms with Gasteiger partial charge in [0.15, 0.2) is 0 Å². The summed E-state index contributed by atoms with van der Waals surface area (Å²) in [6.07, 6.45) is 1.06. The minimum absolute atomic E-state index is 0.0580. The molecule has 0 aromatic heterocycles. The van der Waals surface area contributed by atoms with Gasteiger partial charge in [-0.15, -0.1) is 0 Å². The molecule has 2 aromatic rings. The van der Waals surface area contributed by atoms with Crippen molar-refractivity contribution >= 4 is 0 Å². The Morgan fingerprint density at radius 2 is 1.90 bits per heavy atom. The summed E-state index contributed by atoms with van der Waals surface area (Å²) in [6.45, 7) is 7.32. The second kappa shape index (κ2) is 4.97. The molecule has 2 aliphatic rings. The standard InChI is InChI=1S/C19H20NO/c1-13-7-6-10-16-11-14(2)20-17(12-21-19(20)18(13)16)15-8-4-3-5-9-15/h3-10,14,17,19H,2,11-12H2,1H3/t14-,17-,19?/m1/s1. The van der Waals surface area contributed by atoms with Gasteiger partial charge in [-0.2, -0.15) is 0 Å². The number of rotatable bonds is 1. The SMILES string of the molecule is [CH2][C@@H]1Cc2cccc(C)c2C2OC[C@H](c3ccccc3)N21. The van der Waals surface area contributed by atoms with Crippen LogP contribution in [0.4, 0.5) is 0 Å². The molecule has 0 bridgehead atoms. The molecular formula is C19H20NO. The molecule has 0 saturated carbocycles. The lowest BCUT2D eigenvalue weighted by Crippen LogP contribution is -2.41. The molecule has 0 aliphatic carbocycles. The number of hydrogen-bond donors (Lipinski definition) is 0. The van der Waals surface area contributed by atoms with Crippen molar-refractivity contribution in [1.82, 2.24) is 4.90 Å². The van der Waals surface area contributed by atoms with E-state index < -0.39 is 0 Å². The number of aryl methyl sites for hydroxylation is 1. The summed E-state index contributed by atoms with van der Waals surface area (Å²) < 4.78 is 6.19. The lowest BCUT2D eigenvalue weighted by atomic mass is 9.89. The van der Waals surface area contributed by atoms with Gasteiger partial charge in [0, 0.05) is 11.6 Å². The smallest absolute Gasteiger partial charge is 0.138 e. The van der Waals surface area contributed by atoms with Crippen molar-refractivity contribution in [1.29, 1.82) is 0 Å². The van der Waals surface area contributed by atoms with Crippen LogP contribution in [-0.2, 0) is 11.2 Å². The molecule has 0 spiro atoms. The van der Waals surface area contributed by atoms with Crippen molar-refractivity contribution in [3.63, 3.8) is 0 Å². The quantitative estimate of drug-likeness (QED) is 0.786. The van der Waals surface area contributed by atoms with Gasteiger partial charge in [-0.05, 0) is 37.0 Å². The van der Waals surface area contributed by atoms with Gasteiger partial charge in [-0.1, -0.05) is 48.5 Å². The molecule has 2 aliphatic heterocycles. The van der Waals surface area contributed by atoms with E-state index in [9.17, 15) is 0 Å². The van der Waals surface area contributed by atoms with E-state index in [1.807, 2.05) is 0 Å². The minimum Gasteiger partial charge on any atom is -0.357 e. The van der Waals surface area contributed by atoms with Crippen LogP contribution in [-0.4, -0.2) is 17.5 Å². The third kappa shape index (κ3) is 2.02. The molecule has 21 heavy (non-hydrogen) atoms. The number of hydrogen-bond acceptors (Lipinski definition) is 2. The summed E-state index contributed by atoms with van der Waals surface area (Å²) in [5, 5.41) is 0. The first-order valence-corrected chi connectivity index (χ1v) is 7.61. The summed E-state index contributed by atoms with van der Waals surface area (Å²) in [5.41, 5.74) is 5.40. The third-order valence-electron chi connectivity index (χ3n) is 4.77. The molecule has 2 heterocycles. The third-order valence-corrected chi connectivity index (χ3v) is 4.77. The van der Waals surface area contributed by atoms with E-state index in [1.165, 1.54) is 22.3 Å². The van der Waals surface area contributed by atoms with Crippen LogP contribution in [0, 0.1) is 13.8 Å². The minimum atomic E-state index is 0.0580. The van der Waals surface area contributed by atoms with Crippen LogP contribution < -0.4 is 0 Å². The second-order valence-corrected chi connectivity index (χ2v) is 6.07. The Bertz CT molecular complexity index is 652. The highest BCUT2D eigenvalue weighted by atomic mass is 16.5. The lowest BCUT2D eigenvalue weighted by molar-refractivity contribution is 0.00425. The maximum Gasteiger partial charge on any atom is 0.138 e. The normalized spacial score (nSPS) is 28.2. The van der Waals surface area contributed by atoms with Crippen molar-refractivity contribution in [2.75, 3.05) is 6.61 Å². The first kappa shape index (κ1) is 13.1. The number of fused-ring (bicyclic) bond motifs is 3. The van der Waals surface area contributed by atoms with Crippen molar-refractivity contribution < 1.29 is 4.74 Å². The average molecular weight is 278 g/mol. The van der Waals surface area contributed by atoms with Crippen molar-refractivity contribution in [3.05, 3.63) is 77.7 Å². The molecule has 3 atom stereocenters. The van der Waals surface area contributed by atoms with Gasteiger partial charge in [0.1, 0.15) is 6.23 Å². The number of benzene rings is 2. The van der Waals surface area contributed by atoms with Gasteiger partial charge in [-0.25, -0.2) is 0 Å². The molecule has 107 valence electrons. The van der Waals surface area contributed by atoms with E-state index in [0.717, 1.165) is 13.0 Å². The van der Waals surface area contributed by atoms with Gasteiger partial charge in [0.05, 0.1) is 12.6 Å². The predicted molar refractivity (Wildman–Crippen MR) is 83.7 cm³/mol. The predicted octanol–water partition coefficient (Wildman–Crippen LogP) is 3.83. The molecule has 1 unspecified atom stereocenters. The highest BCUT2D eigenvalue weighted by Gasteiger charge is 2.43. The molecule has 1 radical (unpaired) electrons. The molecule has 2 aromatic carbocycles. The maximum absolute atomic E-state index is 6.19. The highest BCUT2D eigenvalue weighted by molar-refractivity contribution is 5.40. The van der Waals surface area contributed by atoms with E-state index in [0.29, 0.717) is 6.04 Å². The maximum atomic E-state index is 6.19. The molecule has 2 heteroatoms. The Morgan fingerprint density at radius 3 is 2.71 bits per heavy atom. The zero-order valence-electron chi connectivity index (χ0n) is 12.3. The zero-order valence-corrected chi connectivity index (χ0v) is 12.3. The summed E-state index contributed by atoms with van der Waals surface area (Å²) in [4.78, 5) is 2.45. The summed E-state index contributed by atoms with van der Waals surface area (Å²) >= 11 is 0. The number of nitrogens with zero attached hydrogens (tertiary/aromatic N) is 1. The molecule has 4 rings (SSSR count). The summed E-state index contributed by atoms with van der Waals surface area (Å²) in [7, 11) is 0. The van der Waals surface area contributed by atoms with E-state index in [2.05, 4.69) is 67.3 Å². The monoisotopic (exact) mass is 278 g/mol. The van der Waals surface area contributed by atoms with E-state index >= 15 is 0 Å². The molecule has 1 fully saturated rings. The second-order valence-electron chi connectivity index (χ2n) is 6.07. The molecular weight excluding hydrogens is 258 g/mol. The van der Waals surface area contributed by atoms with Gasteiger partial charge in [-0.3, -0.25) is 4.90 Å². The van der Waals surface area contributed by atoms with E-state index in [4.69, 9.17) is 4.74 Å². The van der Waals surface area contributed by atoms with Crippen molar-refractivity contribution in [3.8, 4) is 0 Å². The fraction of sp³-hybridized carbons (Fsp3) is 0.316. The van der Waals surface area contributed by atoms with Crippen LogP contribution >= 0.6 is 0 Å². The topological polar surface area (TPSA) is 12.5 Å². The van der Waals surface area contributed by atoms with E-state index in [-0.39, 0.29) is 12.3 Å². The van der Waals surface area contributed by atoms with Crippen LogP contribution in [0.2, 0.25) is 0 Å². The van der Waals surface area contributed by atoms with Gasteiger partial charge < -0.3 is 4.74 Å². The summed E-state index contributed by atoms with van der Waals surface area (Å²) in [5.74, 6) is 0. The van der Waals surface area contributed by atoms with Gasteiger partial charge in [0.25, 0.3) is 0 Å². The highest BCUT2D eigenvalue weighted by Crippen LogP contribution is 2.45. The lowest BCUT2D eigenvalue weighted by Gasteiger charge is -2.39. The van der Waals surface area contributed by atoms with Crippen LogP contribution in [0.25, 0.3) is 0 Å².